The third-order valence-corrected chi connectivity index (χ3v) is 5.88. The van der Waals surface area contributed by atoms with E-state index >= 15 is 4.39 Å². The molecule has 0 spiro atoms. The molecule has 0 bridgehead atoms. The van der Waals surface area contributed by atoms with Crippen molar-refractivity contribution in [2.24, 2.45) is 0 Å². The molecule has 0 saturated heterocycles. The Kier molecular flexibility index (Phi) is 4.94. The number of aromatic nitrogens is 5. The second-order valence-corrected chi connectivity index (χ2v) is 8.28. The second kappa shape index (κ2) is 7.94. The average molecular weight is 469 g/mol. The van der Waals surface area contributed by atoms with E-state index in [0.29, 0.717) is 22.4 Å². The predicted molar refractivity (Wildman–Crippen MR) is 114 cm³/mol. The van der Waals surface area contributed by atoms with Crippen molar-refractivity contribution < 1.29 is 21.6 Å². The highest BCUT2D eigenvalue weighted by Crippen LogP contribution is 2.34. The van der Waals surface area contributed by atoms with Crippen LogP contribution in [-0.4, -0.2) is 33.3 Å². The molecule has 0 aliphatic rings. The van der Waals surface area contributed by atoms with E-state index < -0.39 is 38.1 Å². The van der Waals surface area contributed by atoms with Crippen molar-refractivity contribution in [1.82, 2.24) is 24.9 Å². The molecule has 5 rings (SSSR count). The summed E-state index contributed by atoms with van der Waals surface area (Å²) in [5.41, 5.74) is 0.643. The van der Waals surface area contributed by atoms with Gasteiger partial charge in [-0.1, -0.05) is 0 Å². The highest BCUT2D eigenvalue weighted by atomic mass is 32.2. The van der Waals surface area contributed by atoms with Crippen LogP contribution in [0.4, 0.5) is 26.0 Å². The van der Waals surface area contributed by atoms with Gasteiger partial charge in [0.1, 0.15) is 34.9 Å². The third kappa shape index (κ3) is 3.74. The van der Waals surface area contributed by atoms with Crippen LogP contribution in [0.1, 0.15) is 0 Å². The number of nitrogens with zero attached hydrogens (tertiary/aromatic N) is 4. The lowest BCUT2D eigenvalue weighted by Crippen LogP contribution is -2.14. The van der Waals surface area contributed by atoms with Crippen LogP contribution in [0.3, 0.4) is 0 Å². The molecule has 33 heavy (non-hydrogen) atoms. The van der Waals surface area contributed by atoms with Crippen LogP contribution in [0.15, 0.2) is 71.0 Å². The number of hydrogen-bond acceptors (Lipinski definition) is 8. The molecule has 4 aromatic heterocycles. The van der Waals surface area contributed by atoms with E-state index in [0.717, 1.165) is 18.4 Å². The van der Waals surface area contributed by atoms with Crippen molar-refractivity contribution in [1.29, 1.82) is 0 Å². The van der Waals surface area contributed by atoms with Crippen LogP contribution >= 0.6 is 0 Å². The summed E-state index contributed by atoms with van der Waals surface area (Å²) in [6, 6.07) is 7.73. The summed E-state index contributed by atoms with van der Waals surface area (Å²) in [5.74, 6) is -2.05. The van der Waals surface area contributed by atoms with Gasteiger partial charge in [-0.15, -0.1) is 0 Å². The quantitative estimate of drug-likeness (QED) is 0.341. The van der Waals surface area contributed by atoms with Gasteiger partial charge in [0.25, 0.3) is 10.0 Å². The molecule has 0 saturated carbocycles. The smallest absolute Gasteiger partial charge is 0.295 e. The Labute approximate surface area is 184 Å². The topological polar surface area (TPSA) is 139 Å². The summed E-state index contributed by atoms with van der Waals surface area (Å²) in [6.45, 7) is 0. The van der Waals surface area contributed by atoms with Gasteiger partial charge in [-0.3, -0.25) is 4.72 Å². The molecule has 0 amide bonds. The lowest BCUT2D eigenvalue weighted by molar-refractivity contribution is 0.451. The maximum Gasteiger partial charge on any atom is 0.295 e. The van der Waals surface area contributed by atoms with Gasteiger partial charge in [-0.25, -0.2) is 28.7 Å². The molecule has 0 aliphatic heterocycles. The number of halogens is 2. The molecule has 10 nitrogen and oxygen atoms in total. The number of furan rings is 1. The predicted octanol–water partition coefficient (Wildman–Crippen LogP) is 3.83. The summed E-state index contributed by atoms with van der Waals surface area (Å²) >= 11 is 0. The highest BCUT2D eigenvalue weighted by molar-refractivity contribution is 7.92. The number of pyridine rings is 1. The van der Waals surface area contributed by atoms with Crippen LogP contribution in [0.25, 0.3) is 22.4 Å². The Bertz CT molecular complexity index is 1570. The first-order valence-corrected chi connectivity index (χ1v) is 10.8. The number of fused-ring (bicyclic) bond motifs is 1. The van der Waals surface area contributed by atoms with E-state index in [2.05, 4.69) is 35.0 Å². The van der Waals surface area contributed by atoms with E-state index in [1.54, 1.807) is 12.1 Å². The van der Waals surface area contributed by atoms with Gasteiger partial charge >= 0.3 is 0 Å². The van der Waals surface area contributed by atoms with Gasteiger partial charge in [-0.2, -0.15) is 8.42 Å². The number of rotatable bonds is 6. The van der Waals surface area contributed by atoms with E-state index in [4.69, 9.17) is 4.42 Å². The number of benzene rings is 1. The van der Waals surface area contributed by atoms with E-state index in [9.17, 15) is 12.8 Å². The van der Waals surface area contributed by atoms with Crippen molar-refractivity contribution >= 4 is 38.4 Å². The number of imidazole rings is 1. The molecule has 1 aromatic carbocycles. The molecule has 4 heterocycles. The number of sulfonamides is 1. The van der Waals surface area contributed by atoms with Crippen molar-refractivity contribution in [2.45, 2.75) is 5.09 Å². The molecule has 3 N–H and O–H groups in total. The van der Waals surface area contributed by atoms with Crippen molar-refractivity contribution in [3.8, 4) is 11.3 Å². The van der Waals surface area contributed by atoms with Crippen molar-refractivity contribution in [3.63, 3.8) is 0 Å². The summed E-state index contributed by atoms with van der Waals surface area (Å²) in [7, 11) is -4.21. The fourth-order valence-electron chi connectivity index (χ4n) is 3.14. The Morgan fingerprint density at radius 1 is 1.00 bits per heavy atom. The minimum atomic E-state index is -4.21. The molecule has 0 radical (unpaired) electrons. The summed E-state index contributed by atoms with van der Waals surface area (Å²) in [5, 5.41) is 2.19. The van der Waals surface area contributed by atoms with Gasteiger partial charge in [0.05, 0.1) is 18.3 Å². The van der Waals surface area contributed by atoms with Crippen molar-refractivity contribution in [3.05, 3.63) is 73.1 Å². The number of H-pyrrole nitrogens is 1. The lowest BCUT2D eigenvalue weighted by Gasteiger charge is -2.14. The molecule has 5 aromatic rings. The molecule has 166 valence electrons. The lowest BCUT2D eigenvalue weighted by atomic mass is 10.1. The summed E-state index contributed by atoms with van der Waals surface area (Å²) in [4.78, 5) is 19.5. The zero-order valence-electron chi connectivity index (χ0n) is 16.5. The van der Waals surface area contributed by atoms with Crippen LogP contribution in [0.2, 0.25) is 0 Å². The fourth-order valence-corrected chi connectivity index (χ4v) is 4.13. The van der Waals surface area contributed by atoms with E-state index in [-0.39, 0.29) is 5.82 Å². The SMILES string of the molecule is O=S(=O)(Nc1ccc(F)c(Nc2ncccc2-c2ncnc3nc[nH]c23)c1F)c1ccco1. The zero-order chi connectivity index (χ0) is 23.0. The number of nitrogens with one attached hydrogen (secondary N) is 3. The molecule has 0 unspecified atom stereocenters. The molecule has 0 atom stereocenters. The maximum atomic E-state index is 15.2. The highest BCUT2D eigenvalue weighted by Gasteiger charge is 2.23. The van der Waals surface area contributed by atoms with E-state index in [1.165, 1.54) is 31.0 Å². The normalized spacial score (nSPS) is 11.6. The van der Waals surface area contributed by atoms with E-state index in [1.807, 2.05) is 0 Å². The van der Waals surface area contributed by atoms with Gasteiger partial charge in [0.2, 0.25) is 5.09 Å². The standard InChI is InChI=1S/C20H13F2N7O3S/c21-12-5-6-13(29-33(30,31)14-4-2-8-32-14)15(22)17(12)28-19-11(3-1-7-23-19)16-18-20(26-9-24-16)27-10-25-18/h1-10,29H,(H,23,28)(H,24,25,26,27). The largest absolute Gasteiger partial charge is 0.451 e. The van der Waals surface area contributed by atoms with Gasteiger partial charge < -0.3 is 14.7 Å². The van der Waals surface area contributed by atoms with Crippen LogP contribution in [0, 0.1) is 11.6 Å². The molecular weight excluding hydrogens is 456 g/mol. The average Bonchev–Trinajstić information content (AvgIpc) is 3.51. The molecule has 0 aliphatic carbocycles. The first-order chi connectivity index (χ1) is 15.9. The van der Waals surface area contributed by atoms with Crippen molar-refractivity contribution in [2.75, 3.05) is 10.0 Å². The number of anilines is 3. The Hall–Kier alpha value is -4.39. The van der Waals surface area contributed by atoms with Gasteiger partial charge in [0, 0.05) is 11.8 Å². The summed E-state index contributed by atoms with van der Waals surface area (Å²) in [6.07, 6.45) is 5.34. The zero-order valence-corrected chi connectivity index (χ0v) is 17.3. The maximum absolute atomic E-state index is 15.2. The monoisotopic (exact) mass is 469 g/mol. The number of aromatic amines is 1. The first-order valence-electron chi connectivity index (χ1n) is 9.35. The van der Waals surface area contributed by atoms with Gasteiger partial charge in [-0.05, 0) is 36.4 Å². The third-order valence-electron chi connectivity index (χ3n) is 4.62. The Morgan fingerprint density at radius 2 is 1.88 bits per heavy atom. The molecular formula is C20H13F2N7O3S. The molecule has 0 fully saturated rings. The minimum absolute atomic E-state index is 0.0796. The van der Waals surface area contributed by atoms with Crippen LogP contribution in [-0.2, 0) is 10.0 Å². The first kappa shape index (κ1) is 20.5. The fraction of sp³-hybridized carbons (Fsp3) is 0. The Balaban J connectivity index is 1.55. The minimum Gasteiger partial charge on any atom is -0.451 e. The van der Waals surface area contributed by atoms with Crippen LogP contribution in [0.5, 0.6) is 0 Å². The second-order valence-electron chi connectivity index (χ2n) is 6.67. The Morgan fingerprint density at radius 3 is 2.70 bits per heavy atom. The van der Waals surface area contributed by atoms with Crippen LogP contribution < -0.4 is 10.0 Å². The number of hydrogen-bond donors (Lipinski definition) is 3. The molecule has 13 heteroatoms. The van der Waals surface area contributed by atoms with Gasteiger partial charge in [0.15, 0.2) is 11.5 Å². The summed E-state index contributed by atoms with van der Waals surface area (Å²) < 4.78 is 61.5.